The lowest BCUT2D eigenvalue weighted by Gasteiger charge is -2.35. The van der Waals surface area contributed by atoms with E-state index in [2.05, 4.69) is 25.6 Å². The molecule has 0 saturated carbocycles. The Bertz CT molecular complexity index is 719. The minimum atomic E-state index is -0.446. The van der Waals surface area contributed by atoms with Crippen molar-refractivity contribution < 1.29 is 14.1 Å². The number of nitrogens with one attached hydrogen (secondary N) is 1. The molecule has 2 aromatic heterocycles. The molecule has 2 aromatic rings. The summed E-state index contributed by atoms with van der Waals surface area (Å²) in [5.74, 6) is 0. The number of aromatic nitrogens is 3. The van der Waals surface area contributed by atoms with Gasteiger partial charge in [0.2, 0.25) is 5.13 Å². The van der Waals surface area contributed by atoms with Crippen molar-refractivity contribution in [1.29, 1.82) is 0 Å². The number of nitrogens with zero attached hydrogens (tertiary/aromatic N) is 5. The summed E-state index contributed by atoms with van der Waals surface area (Å²) in [6.07, 6.45) is 2.29. The number of amides is 1. The van der Waals surface area contributed by atoms with Gasteiger partial charge in [0.15, 0.2) is 5.01 Å². The van der Waals surface area contributed by atoms with Crippen molar-refractivity contribution in [1.82, 2.24) is 25.2 Å². The third kappa shape index (κ3) is 5.90. The van der Waals surface area contributed by atoms with Gasteiger partial charge >= 0.3 is 6.09 Å². The van der Waals surface area contributed by atoms with Crippen LogP contribution < -0.4 is 5.32 Å². The van der Waals surface area contributed by atoms with Crippen molar-refractivity contribution in [3.63, 3.8) is 0 Å². The van der Waals surface area contributed by atoms with Crippen molar-refractivity contribution in [3.8, 4) is 10.7 Å². The number of carbonyl (C=O) groups excluding carboxylic acids is 1. The number of ether oxygens (including phenoxy) is 1. The smallest absolute Gasteiger partial charge is 0.410 e. The van der Waals surface area contributed by atoms with Crippen LogP contribution in [-0.2, 0) is 4.74 Å². The number of carbonyl (C=O) groups is 1. The Morgan fingerprint density at radius 1 is 1.30 bits per heavy atom. The Hall–Kier alpha value is -2.20. The van der Waals surface area contributed by atoms with Crippen molar-refractivity contribution in [2.24, 2.45) is 0 Å². The first-order valence-electron chi connectivity index (χ1n) is 9.09. The molecule has 10 heteroatoms. The molecule has 9 nitrogen and oxygen atoms in total. The normalized spacial score (nSPS) is 15.7. The SMILES string of the molecule is CC(C)(C)OC(=O)N1CCN(CCCNc2nnc(-c3ccon3)s2)CC1. The molecule has 27 heavy (non-hydrogen) atoms. The van der Waals surface area contributed by atoms with Gasteiger partial charge in [0.25, 0.3) is 0 Å². The fourth-order valence-corrected chi connectivity index (χ4v) is 3.43. The summed E-state index contributed by atoms with van der Waals surface area (Å²) in [6, 6.07) is 1.77. The molecule has 1 aliphatic heterocycles. The minimum Gasteiger partial charge on any atom is -0.444 e. The highest BCUT2D eigenvalue weighted by Crippen LogP contribution is 2.24. The second kappa shape index (κ2) is 8.66. The van der Waals surface area contributed by atoms with Gasteiger partial charge in [-0.3, -0.25) is 4.90 Å². The third-order valence-corrected chi connectivity index (χ3v) is 4.94. The van der Waals surface area contributed by atoms with E-state index in [4.69, 9.17) is 9.26 Å². The van der Waals surface area contributed by atoms with Gasteiger partial charge in [0, 0.05) is 38.8 Å². The van der Waals surface area contributed by atoms with E-state index in [-0.39, 0.29) is 6.09 Å². The molecule has 3 rings (SSSR count). The van der Waals surface area contributed by atoms with Crippen molar-refractivity contribution >= 4 is 22.6 Å². The summed E-state index contributed by atoms with van der Waals surface area (Å²) < 4.78 is 10.2. The molecule has 1 amide bonds. The van der Waals surface area contributed by atoms with Gasteiger partial charge < -0.3 is 19.5 Å². The van der Waals surface area contributed by atoms with Crippen molar-refractivity contribution in [2.45, 2.75) is 32.8 Å². The van der Waals surface area contributed by atoms with Gasteiger partial charge in [-0.15, -0.1) is 10.2 Å². The summed E-state index contributed by atoms with van der Waals surface area (Å²) in [6.45, 7) is 10.6. The van der Waals surface area contributed by atoms with Crippen LogP contribution in [0.1, 0.15) is 27.2 Å². The quantitative estimate of drug-likeness (QED) is 0.747. The Morgan fingerprint density at radius 2 is 2.07 bits per heavy atom. The number of anilines is 1. The molecule has 0 unspecified atom stereocenters. The fourth-order valence-electron chi connectivity index (χ4n) is 2.70. The van der Waals surface area contributed by atoms with Crippen molar-refractivity contribution in [3.05, 3.63) is 12.3 Å². The molecule has 0 spiro atoms. The Balaban J connectivity index is 1.32. The average molecular weight is 395 g/mol. The summed E-state index contributed by atoms with van der Waals surface area (Å²) in [7, 11) is 0. The zero-order valence-corrected chi connectivity index (χ0v) is 16.8. The van der Waals surface area contributed by atoms with Crippen LogP contribution in [0.3, 0.4) is 0 Å². The first-order chi connectivity index (χ1) is 12.9. The molecule has 0 aromatic carbocycles. The lowest BCUT2D eigenvalue weighted by atomic mass is 10.2. The van der Waals surface area contributed by atoms with Crippen LogP contribution in [-0.4, -0.2) is 76.1 Å². The zero-order chi connectivity index (χ0) is 19.3. The maximum atomic E-state index is 12.1. The third-order valence-electron chi connectivity index (χ3n) is 4.03. The summed E-state index contributed by atoms with van der Waals surface area (Å²) >= 11 is 1.46. The monoisotopic (exact) mass is 394 g/mol. The highest BCUT2D eigenvalue weighted by molar-refractivity contribution is 7.18. The van der Waals surface area contributed by atoms with Gasteiger partial charge in [-0.25, -0.2) is 4.79 Å². The molecule has 3 heterocycles. The molecule has 0 radical (unpaired) electrons. The van der Waals surface area contributed by atoms with Gasteiger partial charge in [0.1, 0.15) is 17.6 Å². The molecular formula is C17H26N6O3S. The van der Waals surface area contributed by atoms with Gasteiger partial charge in [-0.2, -0.15) is 0 Å². The Kier molecular flexibility index (Phi) is 6.27. The van der Waals surface area contributed by atoms with Crippen LogP contribution >= 0.6 is 11.3 Å². The van der Waals surface area contributed by atoms with E-state index >= 15 is 0 Å². The highest BCUT2D eigenvalue weighted by atomic mass is 32.1. The summed E-state index contributed by atoms with van der Waals surface area (Å²) in [5.41, 5.74) is 0.251. The predicted octanol–water partition coefficient (Wildman–Crippen LogP) is 2.55. The van der Waals surface area contributed by atoms with Crippen LogP contribution in [0, 0.1) is 0 Å². The van der Waals surface area contributed by atoms with Crippen LogP contribution in [0.4, 0.5) is 9.93 Å². The molecule has 1 saturated heterocycles. The number of hydrogen-bond donors (Lipinski definition) is 1. The topological polar surface area (TPSA) is 96.6 Å². The van der Waals surface area contributed by atoms with Gasteiger partial charge in [0.05, 0.1) is 0 Å². The van der Waals surface area contributed by atoms with Gasteiger partial charge in [-0.1, -0.05) is 16.5 Å². The fraction of sp³-hybridized carbons (Fsp3) is 0.647. The summed E-state index contributed by atoms with van der Waals surface area (Å²) in [5, 5.41) is 16.9. The van der Waals surface area contributed by atoms with E-state index in [0.717, 1.165) is 42.7 Å². The zero-order valence-electron chi connectivity index (χ0n) is 16.0. The summed E-state index contributed by atoms with van der Waals surface area (Å²) in [4.78, 5) is 16.2. The standard InChI is InChI=1S/C17H26N6O3S/c1-17(2,3)26-16(24)23-10-8-22(9-11-23)7-4-6-18-15-20-19-14(27-15)13-5-12-25-21-13/h5,12H,4,6-11H2,1-3H3,(H,18,20). The molecule has 1 aliphatic rings. The van der Waals surface area contributed by atoms with Crippen LogP contribution in [0.25, 0.3) is 10.7 Å². The maximum Gasteiger partial charge on any atom is 0.410 e. The molecule has 0 bridgehead atoms. The Labute approximate surface area is 162 Å². The number of rotatable bonds is 6. The lowest BCUT2D eigenvalue weighted by Crippen LogP contribution is -2.50. The predicted molar refractivity (Wildman–Crippen MR) is 103 cm³/mol. The van der Waals surface area contributed by atoms with E-state index < -0.39 is 5.60 Å². The molecular weight excluding hydrogens is 368 g/mol. The Morgan fingerprint density at radius 3 is 2.74 bits per heavy atom. The average Bonchev–Trinajstić information content (AvgIpc) is 3.29. The van der Waals surface area contributed by atoms with E-state index in [0.29, 0.717) is 18.8 Å². The van der Waals surface area contributed by atoms with Crippen LogP contribution in [0.15, 0.2) is 16.9 Å². The molecule has 0 aliphatic carbocycles. The second-order valence-electron chi connectivity index (χ2n) is 7.39. The van der Waals surface area contributed by atoms with E-state index in [9.17, 15) is 4.79 Å². The molecule has 148 valence electrons. The van der Waals surface area contributed by atoms with Crippen LogP contribution in [0.2, 0.25) is 0 Å². The van der Waals surface area contributed by atoms with Crippen LogP contribution in [0.5, 0.6) is 0 Å². The highest BCUT2D eigenvalue weighted by Gasteiger charge is 2.25. The molecule has 1 fully saturated rings. The van der Waals surface area contributed by atoms with Gasteiger partial charge in [-0.05, 0) is 33.7 Å². The second-order valence-corrected chi connectivity index (χ2v) is 8.36. The number of hydrogen-bond acceptors (Lipinski definition) is 9. The van der Waals surface area contributed by atoms with E-state index in [1.165, 1.54) is 17.6 Å². The minimum absolute atomic E-state index is 0.219. The largest absolute Gasteiger partial charge is 0.444 e. The molecule has 0 atom stereocenters. The lowest BCUT2D eigenvalue weighted by molar-refractivity contribution is 0.0145. The van der Waals surface area contributed by atoms with Crippen molar-refractivity contribution in [2.75, 3.05) is 44.6 Å². The van der Waals surface area contributed by atoms with E-state index in [1.54, 1.807) is 11.0 Å². The maximum absolute atomic E-state index is 12.1. The molecule has 1 N–H and O–H groups in total. The first-order valence-corrected chi connectivity index (χ1v) is 9.91. The first kappa shape index (κ1) is 19.6. The number of piperazine rings is 1. The van der Waals surface area contributed by atoms with E-state index in [1.807, 2.05) is 20.8 Å².